The van der Waals surface area contributed by atoms with Crippen LogP contribution >= 0.6 is 11.8 Å². The van der Waals surface area contributed by atoms with Crippen LogP contribution < -0.4 is 14.8 Å². The van der Waals surface area contributed by atoms with Crippen LogP contribution in [0.1, 0.15) is 25.7 Å². The van der Waals surface area contributed by atoms with E-state index in [2.05, 4.69) is 5.32 Å². The van der Waals surface area contributed by atoms with Gasteiger partial charge in [0.25, 0.3) is 5.91 Å². The first-order valence-electron chi connectivity index (χ1n) is 7.93. The van der Waals surface area contributed by atoms with Crippen molar-refractivity contribution in [2.75, 3.05) is 26.0 Å². The SMILES string of the molecule is COc1cc(OCC(=O)NCCSC2CCCC2)ccc1[N+](=O)[O-]. The molecule has 0 atom stereocenters. The molecule has 2 rings (SSSR count). The fourth-order valence-electron chi connectivity index (χ4n) is 2.57. The number of rotatable bonds is 9. The zero-order chi connectivity index (χ0) is 17.4. The number of hydrogen-bond donors (Lipinski definition) is 1. The van der Waals surface area contributed by atoms with E-state index in [1.165, 1.54) is 51.0 Å². The van der Waals surface area contributed by atoms with E-state index in [0.717, 1.165) is 11.0 Å². The van der Waals surface area contributed by atoms with Crippen LogP contribution in [0.4, 0.5) is 5.69 Å². The number of nitro groups is 1. The van der Waals surface area contributed by atoms with Crippen molar-refractivity contribution < 1.29 is 19.2 Å². The molecule has 0 unspecified atom stereocenters. The van der Waals surface area contributed by atoms with Gasteiger partial charge < -0.3 is 14.8 Å². The number of amides is 1. The highest BCUT2D eigenvalue weighted by Gasteiger charge is 2.16. The molecule has 8 heteroatoms. The molecule has 0 radical (unpaired) electrons. The molecule has 132 valence electrons. The predicted molar refractivity (Wildman–Crippen MR) is 92.9 cm³/mol. The molecule has 1 aliphatic carbocycles. The van der Waals surface area contributed by atoms with E-state index >= 15 is 0 Å². The maximum absolute atomic E-state index is 11.8. The van der Waals surface area contributed by atoms with Crippen LogP contribution in [0.25, 0.3) is 0 Å². The normalized spacial score (nSPS) is 14.4. The van der Waals surface area contributed by atoms with Crippen LogP contribution in [0.5, 0.6) is 11.5 Å². The number of nitrogens with one attached hydrogen (secondary N) is 1. The lowest BCUT2D eigenvalue weighted by molar-refractivity contribution is -0.385. The predicted octanol–water partition coefficient (Wildman–Crippen LogP) is 2.77. The molecule has 1 fully saturated rings. The first-order valence-corrected chi connectivity index (χ1v) is 8.98. The number of nitro benzene ring substituents is 1. The molecular weight excluding hydrogens is 332 g/mol. The minimum atomic E-state index is -0.530. The summed E-state index contributed by atoms with van der Waals surface area (Å²) in [5.41, 5.74) is -0.141. The van der Waals surface area contributed by atoms with Gasteiger partial charge in [-0.05, 0) is 18.9 Å². The van der Waals surface area contributed by atoms with Crippen LogP contribution in [0.3, 0.4) is 0 Å². The Kier molecular flexibility index (Phi) is 7.17. The van der Waals surface area contributed by atoms with Crippen molar-refractivity contribution >= 4 is 23.4 Å². The summed E-state index contributed by atoms with van der Waals surface area (Å²) >= 11 is 1.91. The Labute approximate surface area is 145 Å². The van der Waals surface area contributed by atoms with Gasteiger partial charge in [-0.3, -0.25) is 14.9 Å². The maximum Gasteiger partial charge on any atom is 0.311 e. The van der Waals surface area contributed by atoms with Crippen molar-refractivity contribution in [2.45, 2.75) is 30.9 Å². The summed E-state index contributed by atoms with van der Waals surface area (Å²) in [5, 5.41) is 14.4. The molecule has 1 saturated carbocycles. The van der Waals surface area contributed by atoms with Crippen molar-refractivity contribution in [1.29, 1.82) is 0 Å². The summed E-state index contributed by atoms with van der Waals surface area (Å²) in [6, 6.07) is 4.15. The first-order chi connectivity index (χ1) is 11.6. The van der Waals surface area contributed by atoms with E-state index in [1.54, 1.807) is 0 Å². The van der Waals surface area contributed by atoms with E-state index in [9.17, 15) is 14.9 Å². The van der Waals surface area contributed by atoms with Gasteiger partial charge in [0.05, 0.1) is 12.0 Å². The highest BCUT2D eigenvalue weighted by atomic mass is 32.2. The summed E-state index contributed by atoms with van der Waals surface area (Å²) in [6.07, 6.45) is 5.19. The number of thioether (sulfide) groups is 1. The topological polar surface area (TPSA) is 90.7 Å². The molecule has 24 heavy (non-hydrogen) atoms. The number of nitrogens with zero attached hydrogens (tertiary/aromatic N) is 1. The molecule has 1 aromatic rings. The summed E-state index contributed by atoms with van der Waals surface area (Å²) in [7, 11) is 1.35. The molecule has 1 aliphatic rings. The Morgan fingerprint density at radius 2 is 2.17 bits per heavy atom. The maximum atomic E-state index is 11.8. The van der Waals surface area contributed by atoms with Gasteiger partial charge in [0.15, 0.2) is 6.61 Å². The quantitative estimate of drug-likeness (QED) is 0.416. The third-order valence-electron chi connectivity index (χ3n) is 3.80. The smallest absolute Gasteiger partial charge is 0.311 e. The molecule has 0 saturated heterocycles. The van der Waals surface area contributed by atoms with Gasteiger partial charge in [0, 0.05) is 29.7 Å². The van der Waals surface area contributed by atoms with Crippen molar-refractivity contribution in [1.82, 2.24) is 5.32 Å². The third kappa shape index (κ3) is 5.59. The minimum Gasteiger partial charge on any atom is -0.490 e. The van der Waals surface area contributed by atoms with Crippen molar-refractivity contribution in [3.8, 4) is 11.5 Å². The van der Waals surface area contributed by atoms with Crippen LogP contribution in [0, 0.1) is 10.1 Å². The van der Waals surface area contributed by atoms with Gasteiger partial charge in [0.2, 0.25) is 5.75 Å². The fraction of sp³-hybridized carbons (Fsp3) is 0.562. The number of benzene rings is 1. The highest BCUT2D eigenvalue weighted by molar-refractivity contribution is 7.99. The van der Waals surface area contributed by atoms with Gasteiger partial charge in [-0.15, -0.1) is 0 Å². The van der Waals surface area contributed by atoms with E-state index in [-0.39, 0.29) is 24.0 Å². The number of carbonyl (C=O) groups excluding carboxylic acids is 1. The van der Waals surface area contributed by atoms with E-state index < -0.39 is 4.92 Å². The Morgan fingerprint density at radius 3 is 2.83 bits per heavy atom. The second kappa shape index (κ2) is 9.36. The van der Waals surface area contributed by atoms with Crippen molar-refractivity contribution in [2.24, 2.45) is 0 Å². The number of ether oxygens (including phenoxy) is 2. The molecule has 7 nitrogen and oxygen atoms in total. The second-order valence-electron chi connectivity index (χ2n) is 5.51. The average Bonchev–Trinajstić information content (AvgIpc) is 3.09. The Hall–Kier alpha value is -1.96. The lowest BCUT2D eigenvalue weighted by Crippen LogP contribution is -2.30. The molecule has 0 aromatic heterocycles. The largest absolute Gasteiger partial charge is 0.490 e. The van der Waals surface area contributed by atoms with Crippen LogP contribution in [-0.4, -0.2) is 42.1 Å². The van der Waals surface area contributed by atoms with Gasteiger partial charge in [0.1, 0.15) is 5.75 Å². The van der Waals surface area contributed by atoms with E-state index in [4.69, 9.17) is 9.47 Å². The average molecular weight is 354 g/mol. The number of methoxy groups -OCH3 is 1. The molecule has 0 bridgehead atoms. The molecule has 0 spiro atoms. The zero-order valence-electron chi connectivity index (χ0n) is 13.7. The van der Waals surface area contributed by atoms with E-state index in [1.807, 2.05) is 11.8 Å². The second-order valence-corrected chi connectivity index (χ2v) is 6.91. The van der Waals surface area contributed by atoms with Gasteiger partial charge in [-0.1, -0.05) is 12.8 Å². The molecule has 0 heterocycles. The lowest BCUT2D eigenvalue weighted by Gasteiger charge is -2.10. The number of hydrogen-bond acceptors (Lipinski definition) is 6. The standard InChI is InChI=1S/C16H22N2O5S/c1-22-15-10-12(6-7-14(15)18(20)21)23-11-16(19)17-8-9-24-13-4-2-3-5-13/h6-7,10,13H,2-5,8-9,11H2,1H3,(H,17,19). The summed E-state index contributed by atoms with van der Waals surface area (Å²) in [6.45, 7) is 0.488. The summed E-state index contributed by atoms with van der Waals surface area (Å²) < 4.78 is 10.3. The molecule has 0 aliphatic heterocycles. The number of carbonyl (C=O) groups is 1. The molecule has 1 amide bonds. The zero-order valence-corrected chi connectivity index (χ0v) is 14.5. The van der Waals surface area contributed by atoms with Gasteiger partial charge in [-0.2, -0.15) is 11.8 Å². The Morgan fingerprint density at radius 1 is 1.42 bits per heavy atom. The molecule has 1 aromatic carbocycles. The Bertz CT molecular complexity index is 576. The van der Waals surface area contributed by atoms with Crippen molar-refractivity contribution in [3.05, 3.63) is 28.3 Å². The van der Waals surface area contributed by atoms with Crippen LogP contribution in [0.2, 0.25) is 0 Å². The Balaban J connectivity index is 1.70. The van der Waals surface area contributed by atoms with Crippen LogP contribution in [-0.2, 0) is 4.79 Å². The fourth-order valence-corrected chi connectivity index (χ4v) is 3.79. The molecular formula is C16H22N2O5S. The third-order valence-corrected chi connectivity index (χ3v) is 5.18. The van der Waals surface area contributed by atoms with E-state index in [0.29, 0.717) is 12.3 Å². The summed E-state index contributed by atoms with van der Waals surface area (Å²) in [4.78, 5) is 22.0. The lowest BCUT2D eigenvalue weighted by atomic mass is 10.3. The van der Waals surface area contributed by atoms with Gasteiger partial charge in [-0.25, -0.2) is 0 Å². The van der Waals surface area contributed by atoms with Crippen LogP contribution in [0.15, 0.2) is 18.2 Å². The molecule has 1 N–H and O–H groups in total. The van der Waals surface area contributed by atoms with Crippen molar-refractivity contribution in [3.63, 3.8) is 0 Å². The monoisotopic (exact) mass is 354 g/mol. The highest BCUT2D eigenvalue weighted by Crippen LogP contribution is 2.31. The summed E-state index contributed by atoms with van der Waals surface area (Å²) in [5.74, 6) is 1.15. The van der Waals surface area contributed by atoms with Gasteiger partial charge >= 0.3 is 5.69 Å². The first kappa shape index (κ1) is 18.4. The minimum absolute atomic E-state index is 0.103.